The Labute approximate surface area is 154 Å². The summed E-state index contributed by atoms with van der Waals surface area (Å²) in [5.74, 6) is 4.24. The molecule has 0 bridgehead atoms. The van der Waals surface area contributed by atoms with Crippen molar-refractivity contribution in [3.63, 3.8) is 0 Å². The number of rotatable bonds is 2. The van der Waals surface area contributed by atoms with E-state index in [4.69, 9.17) is 4.74 Å². The Morgan fingerprint density at radius 2 is 1.68 bits per heavy atom. The second-order valence-corrected chi connectivity index (χ2v) is 10.4. The normalized spacial score (nSPS) is 50.3. The van der Waals surface area contributed by atoms with Crippen LogP contribution in [0.4, 0.5) is 0 Å². The molecular weight excluding hydrogens is 308 g/mol. The van der Waals surface area contributed by atoms with Crippen molar-refractivity contribution in [2.45, 2.75) is 98.0 Å². The molecule has 4 aliphatic carbocycles. The van der Waals surface area contributed by atoms with Gasteiger partial charge in [-0.2, -0.15) is 0 Å². The smallest absolute Gasteiger partial charge is 0.302 e. The fraction of sp³-hybridized carbons (Fsp3) is 0.957. The van der Waals surface area contributed by atoms with Gasteiger partial charge in [0.1, 0.15) is 6.10 Å². The molecule has 6 unspecified atom stereocenters. The molecule has 2 heteroatoms. The zero-order valence-corrected chi connectivity index (χ0v) is 16.9. The summed E-state index contributed by atoms with van der Waals surface area (Å²) in [6.07, 6.45) is 14.4. The maximum absolute atomic E-state index is 11.5. The Kier molecular flexibility index (Phi) is 4.48. The molecule has 0 aromatic heterocycles. The van der Waals surface area contributed by atoms with Crippen LogP contribution < -0.4 is 0 Å². The van der Waals surface area contributed by atoms with Crippen LogP contribution in [0.3, 0.4) is 0 Å². The lowest BCUT2D eigenvalue weighted by Crippen LogP contribution is -2.53. The molecular formula is C23H38O2. The lowest BCUT2D eigenvalue weighted by atomic mass is 9.45. The molecule has 8 atom stereocenters. The number of carbonyl (C=O) groups is 1. The molecule has 4 rings (SSSR count). The molecule has 4 saturated carbocycles. The predicted molar refractivity (Wildman–Crippen MR) is 101 cm³/mol. The Hall–Kier alpha value is -0.530. The number of ether oxygens (including phenoxy) is 1. The first-order chi connectivity index (χ1) is 11.9. The van der Waals surface area contributed by atoms with Crippen LogP contribution in [-0.2, 0) is 9.53 Å². The third kappa shape index (κ3) is 2.69. The van der Waals surface area contributed by atoms with Gasteiger partial charge < -0.3 is 4.74 Å². The largest absolute Gasteiger partial charge is 0.463 e. The number of hydrogen-bond donors (Lipinski definition) is 0. The maximum atomic E-state index is 11.5. The van der Waals surface area contributed by atoms with Crippen LogP contribution in [0.25, 0.3) is 0 Å². The fourth-order valence-electron chi connectivity index (χ4n) is 8.45. The van der Waals surface area contributed by atoms with E-state index >= 15 is 0 Å². The van der Waals surface area contributed by atoms with Gasteiger partial charge in [0.15, 0.2) is 0 Å². The van der Waals surface area contributed by atoms with E-state index in [1.807, 2.05) is 0 Å². The van der Waals surface area contributed by atoms with Crippen LogP contribution in [0.15, 0.2) is 0 Å². The minimum atomic E-state index is -0.108. The van der Waals surface area contributed by atoms with Gasteiger partial charge in [0.25, 0.3) is 0 Å². The summed E-state index contributed by atoms with van der Waals surface area (Å²) in [6, 6.07) is 0. The first-order valence-electron chi connectivity index (χ1n) is 11.0. The lowest BCUT2D eigenvalue weighted by molar-refractivity contribution is -0.154. The van der Waals surface area contributed by atoms with E-state index in [0.29, 0.717) is 16.7 Å². The summed E-state index contributed by atoms with van der Waals surface area (Å²) >= 11 is 0. The molecule has 25 heavy (non-hydrogen) atoms. The van der Waals surface area contributed by atoms with Gasteiger partial charge in [-0.05, 0) is 92.8 Å². The molecule has 2 nitrogen and oxygen atoms in total. The monoisotopic (exact) mass is 346 g/mol. The fourth-order valence-corrected chi connectivity index (χ4v) is 8.45. The Balaban J connectivity index is 1.56. The molecule has 0 aliphatic heterocycles. The van der Waals surface area contributed by atoms with E-state index < -0.39 is 0 Å². The highest BCUT2D eigenvalue weighted by atomic mass is 16.5. The van der Waals surface area contributed by atoms with Crippen molar-refractivity contribution in [3.05, 3.63) is 0 Å². The second-order valence-electron chi connectivity index (χ2n) is 10.4. The summed E-state index contributed by atoms with van der Waals surface area (Å²) in [7, 11) is 0. The standard InChI is InChI=1S/C23H38O2/c1-15(25-16(2)24)19-10-11-20-18-9-8-17-7-5-6-13-22(17,3)21(18)12-14-23(19,20)4/h15,17-21H,5-14H2,1-4H3/t15-,17-,18?,19?,20?,21?,22?,23?/m1/s1. The molecule has 0 spiro atoms. The minimum Gasteiger partial charge on any atom is -0.463 e. The van der Waals surface area contributed by atoms with Gasteiger partial charge in [-0.15, -0.1) is 0 Å². The van der Waals surface area contributed by atoms with E-state index in [2.05, 4.69) is 20.8 Å². The maximum Gasteiger partial charge on any atom is 0.302 e. The van der Waals surface area contributed by atoms with Crippen molar-refractivity contribution in [1.82, 2.24) is 0 Å². The summed E-state index contributed by atoms with van der Waals surface area (Å²) in [6.45, 7) is 8.91. The van der Waals surface area contributed by atoms with E-state index in [9.17, 15) is 4.79 Å². The third-order valence-corrected chi connectivity index (χ3v) is 9.58. The molecule has 0 aromatic carbocycles. The molecule has 0 aromatic rings. The Morgan fingerprint density at radius 1 is 0.920 bits per heavy atom. The zero-order chi connectivity index (χ0) is 17.8. The number of fused-ring (bicyclic) bond motifs is 5. The van der Waals surface area contributed by atoms with Crippen molar-refractivity contribution < 1.29 is 9.53 Å². The molecule has 4 aliphatic rings. The molecule has 0 amide bonds. The second kappa shape index (κ2) is 6.27. The van der Waals surface area contributed by atoms with Crippen LogP contribution in [0, 0.1) is 40.4 Å². The molecule has 0 radical (unpaired) electrons. The van der Waals surface area contributed by atoms with Gasteiger partial charge >= 0.3 is 5.97 Å². The van der Waals surface area contributed by atoms with Gasteiger partial charge in [-0.3, -0.25) is 4.79 Å². The average molecular weight is 347 g/mol. The summed E-state index contributed by atoms with van der Waals surface area (Å²) in [5, 5.41) is 0. The molecule has 4 fully saturated rings. The van der Waals surface area contributed by atoms with Crippen molar-refractivity contribution in [1.29, 1.82) is 0 Å². The molecule has 142 valence electrons. The van der Waals surface area contributed by atoms with E-state index in [1.165, 1.54) is 64.2 Å². The highest BCUT2D eigenvalue weighted by Crippen LogP contribution is 2.67. The Morgan fingerprint density at radius 3 is 2.44 bits per heavy atom. The van der Waals surface area contributed by atoms with Gasteiger partial charge in [0.05, 0.1) is 0 Å². The SMILES string of the molecule is CC(=O)O[C@H](C)C1CCC2C3CC[C@H]4CCCCC4(C)C3CCC21C. The minimum absolute atomic E-state index is 0.0886. The van der Waals surface area contributed by atoms with Crippen molar-refractivity contribution in [2.24, 2.45) is 40.4 Å². The molecule has 0 N–H and O–H groups in total. The summed E-state index contributed by atoms with van der Waals surface area (Å²) in [4.78, 5) is 11.5. The van der Waals surface area contributed by atoms with Crippen LogP contribution in [-0.4, -0.2) is 12.1 Å². The highest BCUT2D eigenvalue weighted by molar-refractivity contribution is 5.66. The predicted octanol–water partition coefficient (Wildman–Crippen LogP) is 5.99. The first kappa shape index (κ1) is 17.9. The van der Waals surface area contributed by atoms with Crippen molar-refractivity contribution in [2.75, 3.05) is 0 Å². The van der Waals surface area contributed by atoms with E-state index in [0.717, 1.165) is 23.7 Å². The average Bonchev–Trinajstić information content (AvgIpc) is 2.91. The van der Waals surface area contributed by atoms with Crippen molar-refractivity contribution in [3.8, 4) is 0 Å². The molecule has 0 heterocycles. The van der Waals surface area contributed by atoms with Crippen LogP contribution >= 0.6 is 0 Å². The van der Waals surface area contributed by atoms with Crippen LogP contribution in [0.1, 0.15) is 91.9 Å². The lowest BCUT2D eigenvalue weighted by Gasteiger charge is -2.60. The topological polar surface area (TPSA) is 26.3 Å². The first-order valence-corrected chi connectivity index (χ1v) is 11.0. The van der Waals surface area contributed by atoms with Gasteiger partial charge in [-0.1, -0.05) is 26.7 Å². The van der Waals surface area contributed by atoms with E-state index in [-0.39, 0.29) is 12.1 Å². The van der Waals surface area contributed by atoms with Crippen LogP contribution in [0.2, 0.25) is 0 Å². The number of carbonyl (C=O) groups excluding carboxylic acids is 1. The van der Waals surface area contributed by atoms with E-state index in [1.54, 1.807) is 6.92 Å². The van der Waals surface area contributed by atoms with Gasteiger partial charge in [0.2, 0.25) is 0 Å². The Bertz CT molecular complexity index is 528. The summed E-state index contributed by atoms with van der Waals surface area (Å²) in [5.41, 5.74) is 1.02. The van der Waals surface area contributed by atoms with Gasteiger partial charge in [-0.25, -0.2) is 0 Å². The van der Waals surface area contributed by atoms with Crippen molar-refractivity contribution >= 4 is 5.97 Å². The molecule has 0 saturated heterocycles. The quantitative estimate of drug-likeness (QED) is 0.574. The van der Waals surface area contributed by atoms with Crippen LogP contribution in [0.5, 0.6) is 0 Å². The third-order valence-electron chi connectivity index (χ3n) is 9.58. The number of hydrogen-bond acceptors (Lipinski definition) is 2. The zero-order valence-electron chi connectivity index (χ0n) is 16.9. The highest BCUT2D eigenvalue weighted by Gasteiger charge is 2.60. The summed E-state index contributed by atoms with van der Waals surface area (Å²) < 4.78 is 5.65. The van der Waals surface area contributed by atoms with Gasteiger partial charge in [0, 0.05) is 12.8 Å². The number of esters is 1.